The lowest BCUT2D eigenvalue weighted by Crippen LogP contribution is -2.28. The highest BCUT2D eigenvalue weighted by Crippen LogP contribution is 2.58. The number of ether oxygens (including phenoxy) is 7. The molecule has 0 spiro atoms. The molecule has 19 nitrogen and oxygen atoms in total. The zero-order chi connectivity index (χ0) is 40.6. The van der Waals surface area contributed by atoms with Crippen molar-refractivity contribution in [2.75, 3.05) is 55.4 Å². The van der Waals surface area contributed by atoms with Crippen LogP contribution in [0, 0.1) is 0 Å². The molecule has 0 fully saturated rings. The van der Waals surface area contributed by atoms with Gasteiger partial charge in [0, 0.05) is 29.5 Å². The van der Waals surface area contributed by atoms with Gasteiger partial charge in [0.2, 0.25) is 11.8 Å². The minimum atomic E-state index is -0.814. The summed E-state index contributed by atoms with van der Waals surface area (Å²) in [6.07, 6.45) is 2.52. The van der Waals surface area contributed by atoms with Crippen molar-refractivity contribution in [1.82, 2.24) is 40.3 Å². The SMILES string of the molecule is O=C1COc2ccc(C3Oc4nnc(-c5cnc(-c6cc7c(cn6)OCCO7)c6c5SCO6)c(-c5cc6c(nn5)OCCO6)c4SC3c3ccc4c(n3)NC(=O)CS4)nc2N1. The molecular weight excluding hydrogens is 849 g/mol. The number of anilines is 2. The van der Waals surface area contributed by atoms with Crippen LogP contribution in [0.25, 0.3) is 33.9 Å². The molecule has 6 aromatic rings. The summed E-state index contributed by atoms with van der Waals surface area (Å²) in [5, 5.41) is 23.6. The Morgan fingerprint density at radius 1 is 0.639 bits per heavy atom. The number of hydrogen-bond acceptors (Lipinski definition) is 20. The number of thioether (sulfide) groups is 3. The molecule has 0 bridgehead atoms. The molecule has 0 radical (unpaired) electrons. The van der Waals surface area contributed by atoms with E-state index in [2.05, 4.69) is 30.9 Å². The predicted molar refractivity (Wildman–Crippen MR) is 217 cm³/mol. The zero-order valence-corrected chi connectivity index (χ0v) is 33.6. The first-order chi connectivity index (χ1) is 30.0. The molecule has 0 saturated heterocycles. The third kappa shape index (κ3) is 6.31. The molecule has 6 aliphatic heterocycles. The molecular formula is C39H26N10O9S3. The van der Waals surface area contributed by atoms with Gasteiger partial charge in [-0.2, -0.15) is 0 Å². The van der Waals surface area contributed by atoms with Crippen molar-refractivity contribution in [3.05, 3.63) is 60.2 Å². The van der Waals surface area contributed by atoms with Crippen molar-refractivity contribution in [3.8, 4) is 74.4 Å². The molecule has 0 saturated carbocycles. The van der Waals surface area contributed by atoms with Crippen LogP contribution in [-0.2, 0) is 9.59 Å². The van der Waals surface area contributed by atoms with Crippen LogP contribution in [0.2, 0.25) is 0 Å². The molecule has 22 heteroatoms. The summed E-state index contributed by atoms with van der Waals surface area (Å²) < 4.78 is 41.9. The number of rotatable bonds is 5. The second-order valence-corrected chi connectivity index (χ2v) is 17.0. The monoisotopic (exact) mass is 874 g/mol. The first-order valence-electron chi connectivity index (χ1n) is 18.8. The van der Waals surface area contributed by atoms with Crippen LogP contribution in [0.3, 0.4) is 0 Å². The van der Waals surface area contributed by atoms with Crippen molar-refractivity contribution in [3.63, 3.8) is 0 Å². The lowest BCUT2D eigenvalue weighted by atomic mass is 10.0. The maximum absolute atomic E-state index is 12.5. The van der Waals surface area contributed by atoms with E-state index in [1.54, 1.807) is 36.7 Å². The molecule has 6 aliphatic rings. The normalized spacial score (nSPS) is 19.1. The van der Waals surface area contributed by atoms with E-state index in [-0.39, 0.29) is 41.8 Å². The van der Waals surface area contributed by atoms with Crippen molar-refractivity contribution >= 4 is 58.7 Å². The van der Waals surface area contributed by atoms with Crippen molar-refractivity contribution in [2.24, 2.45) is 0 Å². The van der Waals surface area contributed by atoms with E-state index in [1.807, 2.05) is 12.1 Å². The fraction of sp³-hybridized carbons (Fsp3) is 0.231. The average molecular weight is 875 g/mol. The maximum atomic E-state index is 12.5. The van der Waals surface area contributed by atoms with E-state index < -0.39 is 11.4 Å². The van der Waals surface area contributed by atoms with Gasteiger partial charge < -0.3 is 43.8 Å². The second-order valence-electron chi connectivity index (χ2n) is 13.9. The highest BCUT2D eigenvalue weighted by Gasteiger charge is 2.41. The third-order valence-electron chi connectivity index (χ3n) is 10.1. The summed E-state index contributed by atoms with van der Waals surface area (Å²) in [4.78, 5) is 46.3. The number of carbonyl (C=O) groups excluding carboxylic acids is 2. The number of pyridine rings is 4. The Hall–Kier alpha value is -6.65. The number of nitrogens with one attached hydrogen (secondary N) is 2. The molecule has 12 rings (SSSR count). The number of nitrogens with zero attached hydrogens (tertiary/aromatic N) is 8. The van der Waals surface area contributed by atoms with Gasteiger partial charge in [0.05, 0.1) is 49.0 Å². The predicted octanol–water partition coefficient (Wildman–Crippen LogP) is 5.17. The molecule has 6 aromatic heterocycles. The third-order valence-corrected chi connectivity index (χ3v) is 13.5. The molecule has 304 valence electrons. The Bertz CT molecular complexity index is 2870. The first-order valence-corrected chi connectivity index (χ1v) is 21.7. The molecule has 2 amide bonds. The number of fused-ring (bicyclic) bond motifs is 6. The first kappa shape index (κ1) is 36.2. The van der Waals surface area contributed by atoms with E-state index in [9.17, 15) is 9.59 Å². The lowest BCUT2D eigenvalue weighted by Gasteiger charge is -2.33. The molecule has 0 aliphatic carbocycles. The molecule has 0 aromatic carbocycles. The number of aromatic nitrogens is 8. The van der Waals surface area contributed by atoms with Gasteiger partial charge in [-0.05, 0) is 24.3 Å². The highest BCUT2D eigenvalue weighted by atomic mass is 32.2. The Balaban J connectivity index is 1.03. The Morgan fingerprint density at radius 2 is 1.44 bits per heavy atom. The quantitative estimate of drug-likeness (QED) is 0.228. The van der Waals surface area contributed by atoms with Gasteiger partial charge >= 0.3 is 0 Å². The Kier molecular flexibility index (Phi) is 8.62. The maximum Gasteiger partial charge on any atom is 0.276 e. The van der Waals surface area contributed by atoms with Crippen LogP contribution in [0.15, 0.2) is 63.5 Å². The van der Waals surface area contributed by atoms with Crippen molar-refractivity contribution in [2.45, 2.75) is 26.0 Å². The van der Waals surface area contributed by atoms with E-state index in [4.69, 9.17) is 53.2 Å². The summed E-state index contributed by atoms with van der Waals surface area (Å²) in [6, 6.07) is 10.9. The van der Waals surface area contributed by atoms with Gasteiger partial charge in [0.15, 0.2) is 47.3 Å². The zero-order valence-electron chi connectivity index (χ0n) is 31.2. The number of hydrogen-bond donors (Lipinski definition) is 2. The van der Waals surface area contributed by atoms with Crippen LogP contribution in [0.1, 0.15) is 22.7 Å². The summed E-state index contributed by atoms with van der Waals surface area (Å²) in [7, 11) is 0. The van der Waals surface area contributed by atoms with Gasteiger partial charge in [-0.15, -0.1) is 43.9 Å². The summed E-state index contributed by atoms with van der Waals surface area (Å²) >= 11 is 4.31. The smallest absolute Gasteiger partial charge is 0.276 e. The van der Waals surface area contributed by atoms with Gasteiger partial charge in [-0.25, -0.2) is 15.0 Å². The fourth-order valence-electron chi connectivity index (χ4n) is 7.40. The molecule has 2 N–H and O–H groups in total. The van der Waals surface area contributed by atoms with Crippen LogP contribution < -0.4 is 43.8 Å². The molecule has 12 heterocycles. The van der Waals surface area contributed by atoms with Crippen LogP contribution in [-0.4, -0.2) is 96.9 Å². The highest BCUT2D eigenvalue weighted by molar-refractivity contribution is 8.00. The number of carbonyl (C=O) groups is 2. The van der Waals surface area contributed by atoms with E-state index in [1.165, 1.54) is 35.3 Å². The topological polar surface area (TPSA) is 226 Å². The Labute approximate surface area is 356 Å². The molecule has 61 heavy (non-hydrogen) atoms. The fourth-order valence-corrected chi connectivity index (χ4v) is 10.4. The molecule has 2 unspecified atom stereocenters. The van der Waals surface area contributed by atoms with Gasteiger partial charge in [0.1, 0.15) is 55.3 Å². The Morgan fingerprint density at radius 3 is 2.38 bits per heavy atom. The van der Waals surface area contributed by atoms with Crippen LogP contribution >= 0.6 is 35.3 Å². The lowest BCUT2D eigenvalue weighted by molar-refractivity contribution is -0.118. The summed E-state index contributed by atoms with van der Waals surface area (Å²) in [5.41, 5.74) is 4.12. The van der Waals surface area contributed by atoms with E-state index >= 15 is 0 Å². The van der Waals surface area contributed by atoms with E-state index in [0.29, 0.717) is 117 Å². The van der Waals surface area contributed by atoms with Gasteiger partial charge in [0.25, 0.3) is 11.8 Å². The minimum absolute atomic E-state index is 0.118. The van der Waals surface area contributed by atoms with Gasteiger partial charge in [-0.3, -0.25) is 14.6 Å². The second kappa shape index (κ2) is 14.5. The molecule has 2 atom stereocenters. The van der Waals surface area contributed by atoms with Crippen molar-refractivity contribution < 1.29 is 42.7 Å². The summed E-state index contributed by atoms with van der Waals surface area (Å²) in [5.74, 6) is 3.80. The van der Waals surface area contributed by atoms with Crippen molar-refractivity contribution in [1.29, 1.82) is 0 Å². The summed E-state index contributed by atoms with van der Waals surface area (Å²) in [6.45, 7) is 1.42. The van der Waals surface area contributed by atoms with E-state index in [0.717, 1.165) is 9.79 Å². The van der Waals surface area contributed by atoms with Crippen LogP contribution in [0.5, 0.6) is 40.5 Å². The number of amides is 2. The standard InChI is InChI=1S/C39H26N10O9S3/c50-26-13-56-21-3-1-17(42-36(21)44-26)31-34(18-2-4-25-37(43-18)45-27(51)14-59-25)61-35-28(19-9-23-38(48-46-19)55-8-7-53-23)29(47-49-39(35)58-31)16-11-41-30(32-33(16)60-15-57-32)20-10-22-24(12-40-20)54-6-5-52-22/h1-4,9-12,31,34H,5-8,13-15H2,(H,42,44,50)(H,43,45,51). The van der Waals surface area contributed by atoms with Crippen LogP contribution in [0.4, 0.5) is 11.6 Å². The largest absolute Gasteiger partial charge is 0.486 e. The minimum Gasteiger partial charge on any atom is -0.486 e. The van der Waals surface area contributed by atoms with Gasteiger partial charge in [-0.1, -0.05) is 11.8 Å². The average Bonchev–Trinajstić information content (AvgIpc) is 3.80.